The van der Waals surface area contributed by atoms with Crippen LogP contribution in [0.2, 0.25) is 6.04 Å². The van der Waals surface area contributed by atoms with Crippen LogP contribution in [0.5, 0.6) is 0 Å². The van der Waals surface area contributed by atoms with E-state index in [1.807, 2.05) is 0 Å². The average Bonchev–Trinajstić information content (AvgIpc) is 1.97. The van der Waals surface area contributed by atoms with E-state index in [1.54, 1.807) is 5.70 Å². The van der Waals surface area contributed by atoms with Crippen molar-refractivity contribution in [3.05, 3.63) is 12.3 Å². The van der Waals surface area contributed by atoms with Gasteiger partial charge < -0.3 is 4.43 Å². The van der Waals surface area contributed by atoms with Crippen LogP contribution in [-0.2, 0) is 9.22 Å². The van der Waals surface area contributed by atoms with Crippen molar-refractivity contribution in [2.75, 3.05) is 0 Å². The van der Waals surface area contributed by atoms with Crippen LogP contribution in [0.4, 0.5) is 0 Å². The normalized spacial score (nSPS) is 9.73. The molecule has 0 fully saturated rings. The molecule has 0 N–H and O–H groups in total. The smallest absolute Gasteiger partial charge is 0.312 e. The SMILES string of the molecule is C=C[Si](CCCC)OC(C)=O. The van der Waals surface area contributed by atoms with Crippen molar-refractivity contribution >= 4 is 15.0 Å². The number of unbranched alkanes of at least 4 members (excludes halogenated alkanes) is 1. The van der Waals surface area contributed by atoms with Crippen LogP contribution in [0.25, 0.3) is 0 Å². The highest BCUT2D eigenvalue weighted by Gasteiger charge is 2.10. The predicted octanol–water partition coefficient (Wildman–Crippen LogP) is 2.07. The molecule has 3 heteroatoms. The first-order valence-corrected chi connectivity index (χ1v) is 5.56. The van der Waals surface area contributed by atoms with E-state index in [-0.39, 0.29) is 5.97 Å². The van der Waals surface area contributed by atoms with Crippen LogP contribution >= 0.6 is 0 Å². The second-order valence-corrected chi connectivity index (χ2v) is 4.41. The Morgan fingerprint density at radius 3 is 2.73 bits per heavy atom. The fourth-order valence-corrected chi connectivity index (χ4v) is 2.19. The second kappa shape index (κ2) is 6.16. The second-order valence-electron chi connectivity index (χ2n) is 2.37. The van der Waals surface area contributed by atoms with E-state index in [2.05, 4.69) is 13.5 Å². The Morgan fingerprint density at radius 2 is 2.36 bits per heavy atom. The molecule has 0 aliphatic carbocycles. The third-order valence-electron chi connectivity index (χ3n) is 1.28. The summed E-state index contributed by atoms with van der Waals surface area (Å²) in [4.78, 5) is 10.5. The van der Waals surface area contributed by atoms with E-state index in [1.165, 1.54) is 6.92 Å². The lowest BCUT2D eigenvalue weighted by molar-refractivity contribution is -0.132. The highest BCUT2D eigenvalue weighted by atomic mass is 28.3. The summed E-state index contributed by atoms with van der Waals surface area (Å²) in [7, 11) is -1.03. The summed E-state index contributed by atoms with van der Waals surface area (Å²) in [6.45, 7) is 7.20. The van der Waals surface area contributed by atoms with Crippen molar-refractivity contribution in [1.29, 1.82) is 0 Å². The Bertz CT molecular complexity index is 134. The van der Waals surface area contributed by atoms with Gasteiger partial charge in [0, 0.05) is 6.92 Å². The van der Waals surface area contributed by atoms with Crippen LogP contribution in [0, 0.1) is 0 Å². The van der Waals surface area contributed by atoms with Gasteiger partial charge in [-0.25, -0.2) is 0 Å². The van der Waals surface area contributed by atoms with Gasteiger partial charge in [0.1, 0.15) is 0 Å². The van der Waals surface area contributed by atoms with Gasteiger partial charge >= 0.3 is 9.04 Å². The zero-order valence-corrected chi connectivity index (χ0v) is 8.22. The molecule has 0 heterocycles. The molecule has 0 aliphatic heterocycles. The van der Waals surface area contributed by atoms with Crippen molar-refractivity contribution in [3.8, 4) is 0 Å². The van der Waals surface area contributed by atoms with Crippen LogP contribution in [-0.4, -0.2) is 15.0 Å². The largest absolute Gasteiger partial charge is 0.514 e. The standard InChI is InChI=1S/C8H15O2Si/c1-4-6-7-11(5-2)10-8(3)9/h5H,2,4,6-7H2,1,3H3. The lowest BCUT2D eigenvalue weighted by atomic mass is 10.4. The molecule has 0 aromatic rings. The molecule has 2 nitrogen and oxygen atoms in total. The highest BCUT2D eigenvalue weighted by molar-refractivity contribution is 6.59. The van der Waals surface area contributed by atoms with E-state index < -0.39 is 9.04 Å². The molecule has 0 bridgehead atoms. The Hall–Kier alpha value is -0.573. The predicted molar refractivity (Wildman–Crippen MR) is 47.4 cm³/mol. The summed E-state index contributed by atoms with van der Waals surface area (Å²) < 4.78 is 5.05. The fraction of sp³-hybridized carbons (Fsp3) is 0.625. The lowest BCUT2D eigenvalue weighted by Crippen LogP contribution is -2.17. The number of rotatable bonds is 5. The van der Waals surface area contributed by atoms with Crippen LogP contribution < -0.4 is 0 Å². The van der Waals surface area contributed by atoms with Crippen LogP contribution in [0.15, 0.2) is 12.3 Å². The van der Waals surface area contributed by atoms with E-state index in [9.17, 15) is 4.79 Å². The molecule has 0 atom stereocenters. The van der Waals surface area contributed by atoms with Crippen LogP contribution in [0.3, 0.4) is 0 Å². The van der Waals surface area contributed by atoms with Gasteiger partial charge in [-0.3, -0.25) is 4.79 Å². The molecule has 0 unspecified atom stereocenters. The minimum Gasteiger partial charge on any atom is -0.514 e. The van der Waals surface area contributed by atoms with Gasteiger partial charge in [-0.05, 0) is 6.04 Å². The van der Waals surface area contributed by atoms with E-state index in [0.717, 1.165) is 18.9 Å². The zero-order chi connectivity index (χ0) is 8.69. The van der Waals surface area contributed by atoms with E-state index in [4.69, 9.17) is 4.43 Å². The van der Waals surface area contributed by atoms with Gasteiger partial charge in [0.25, 0.3) is 5.97 Å². The molecule has 1 radical (unpaired) electrons. The molecule has 11 heavy (non-hydrogen) atoms. The Kier molecular flexibility index (Phi) is 5.84. The molecule has 0 saturated heterocycles. The van der Waals surface area contributed by atoms with Gasteiger partial charge in [-0.1, -0.05) is 25.5 Å². The van der Waals surface area contributed by atoms with Crippen molar-refractivity contribution in [3.63, 3.8) is 0 Å². The Morgan fingerprint density at radius 1 is 1.73 bits per heavy atom. The molecule has 0 aliphatic rings. The summed E-state index contributed by atoms with van der Waals surface area (Å²) in [5, 5.41) is 0. The van der Waals surface area contributed by atoms with Gasteiger partial charge in [0.15, 0.2) is 0 Å². The quantitative estimate of drug-likeness (QED) is 0.592. The Balaban J connectivity index is 3.57. The third-order valence-corrected chi connectivity index (χ3v) is 3.13. The summed E-state index contributed by atoms with van der Waals surface area (Å²) in [6.07, 6.45) is 2.26. The molecule has 0 aromatic carbocycles. The first kappa shape index (κ1) is 10.4. The topological polar surface area (TPSA) is 26.3 Å². The van der Waals surface area contributed by atoms with Crippen molar-refractivity contribution in [2.45, 2.75) is 32.7 Å². The highest BCUT2D eigenvalue weighted by Crippen LogP contribution is 2.03. The number of carbonyl (C=O) groups is 1. The summed E-state index contributed by atoms with van der Waals surface area (Å²) in [6, 6.07) is 0.990. The average molecular weight is 171 g/mol. The third kappa shape index (κ3) is 5.85. The van der Waals surface area contributed by atoms with Crippen molar-refractivity contribution < 1.29 is 9.22 Å². The number of hydrogen-bond acceptors (Lipinski definition) is 2. The molecule has 0 saturated carbocycles. The number of carbonyl (C=O) groups excluding carboxylic acids is 1. The minimum absolute atomic E-state index is 0.185. The molecule has 0 spiro atoms. The lowest BCUT2D eigenvalue weighted by Gasteiger charge is -2.07. The summed E-state index contributed by atoms with van der Waals surface area (Å²) >= 11 is 0. The van der Waals surface area contributed by atoms with Gasteiger partial charge in [-0.2, -0.15) is 0 Å². The molecular formula is C8H15O2Si. The maximum atomic E-state index is 10.5. The molecule has 0 rings (SSSR count). The zero-order valence-electron chi connectivity index (χ0n) is 7.22. The molecular weight excluding hydrogens is 156 g/mol. The summed E-state index contributed by atoms with van der Waals surface area (Å²) in [5.41, 5.74) is 1.78. The first-order chi connectivity index (χ1) is 5.20. The van der Waals surface area contributed by atoms with Crippen LogP contribution in [0.1, 0.15) is 26.7 Å². The monoisotopic (exact) mass is 171 g/mol. The Labute approximate surface area is 70.0 Å². The minimum atomic E-state index is -1.03. The van der Waals surface area contributed by atoms with Gasteiger partial charge in [0.05, 0.1) is 0 Å². The maximum absolute atomic E-state index is 10.5. The number of hydrogen-bond donors (Lipinski definition) is 0. The fourth-order valence-electron chi connectivity index (χ4n) is 0.730. The van der Waals surface area contributed by atoms with E-state index >= 15 is 0 Å². The van der Waals surface area contributed by atoms with E-state index in [0.29, 0.717) is 0 Å². The molecule has 0 aromatic heterocycles. The van der Waals surface area contributed by atoms with Gasteiger partial charge in [-0.15, -0.1) is 6.58 Å². The summed E-state index contributed by atoms with van der Waals surface area (Å²) in [5.74, 6) is -0.185. The van der Waals surface area contributed by atoms with Crippen molar-refractivity contribution in [1.82, 2.24) is 0 Å². The molecule has 0 amide bonds. The van der Waals surface area contributed by atoms with Crippen molar-refractivity contribution in [2.24, 2.45) is 0 Å². The van der Waals surface area contributed by atoms with Gasteiger partial charge in [0.2, 0.25) is 0 Å². The molecule has 63 valence electrons. The maximum Gasteiger partial charge on any atom is 0.312 e. The first-order valence-electron chi connectivity index (χ1n) is 3.87.